The minimum atomic E-state index is -3.60. The van der Waals surface area contributed by atoms with Crippen LogP contribution in [0.4, 0.5) is 0 Å². The summed E-state index contributed by atoms with van der Waals surface area (Å²) in [7, 11) is -3.60. The molecular formula is C27H31N3O4S. The van der Waals surface area contributed by atoms with Gasteiger partial charge in [-0.25, -0.2) is 8.42 Å². The highest BCUT2D eigenvalue weighted by Gasteiger charge is 2.34. The molecule has 1 saturated heterocycles. The number of amides is 2. The molecule has 1 atom stereocenters. The maximum Gasteiger partial charge on any atom is 0.243 e. The molecule has 184 valence electrons. The van der Waals surface area contributed by atoms with E-state index in [9.17, 15) is 18.0 Å². The predicted octanol–water partition coefficient (Wildman–Crippen LogP) is 3.36. The molecule has 7 nitrogen and oxygen atoms in total. The Labute approximate surface area is 207 Å². The number of hydrogen-bond acceptors (Lipinski definition) is 4. The molecule has 35 heavy (non-hydrogen) atoms. The Kier molecular flexibility index (Phi) is 6.51. The van der Waals surface area contributed by atoms with Crippen molar-refractivity contribution in [1.29, 1.82) is 0 Å². The van der Waals surface area contributed by atoms with Crippen LogP contribution in [0.15, 0.2) is 53.6 Å². The first-order chi connectivity index (χ1) is 16.8. The van der Waals surface area contributed by atoms with E-state index in [1.54, 1.807) is 22.1 Å². The maximum absolute atomic E-state index is 13.3. The summed E-state index contributed by atoms with van der Waals surface area (Å²) in [5, 5.41) is 0. The average molecular weight is 494 g/mol. The third kappa shape index (κ3) is 4.65. The van der Waals surface area contributed by atoms with Crippen LogP contribution in [0.2, 0.25) is 0 Å². The molecule has 0 unspecified atom stereocenters. The van der Waals surface area contributed by atoms with E-state index in [4.69, 9.17) is 0 Å². The number of fused-ring (bicyclic) bond motifs is 2. The van der Waals surface area contributed by atoms with Crippen LogP contribution < -0.4 is 0 Å². The molecule has 1 aliphatic carbocycles. The van der Waals surface area contributed by atoms with Gasteiger partial charge in [-0.1, -0.05) is 30.3 Å². The highest BCUT2D eigenvalue weighted by atomic mass is 32.2. The summed E-state index contributed by atoms with van der Waals surface area (Å²) >= 11 is 0. The number of piperazine rings is 1. The van der Waals surface area contributed by atoms with Crippen LogP contribution in [0, 0.1) is 0 Å². The van der Waals surface area contributed by atoms with E-state index in [1.807, 2.05) is 42.5 Å². The molecule has 2 amide bonds. The summed E-state index contributed by atoms with van der Waals surface area (Å²) in [6.45, 7) is 2.71. The molecule has 5 rings (SSSR count). The maximum atomic E-state index is 13.3. The van der Waals surface area contributed by atoms with Gasteiger partial charge >= 0.3 is 0 Å². The fourth-order valence-electron chi connectivity index (χ4n) is 5.40. The smallest absolute Gasteiger partial charge is 0.243 e. The number of benzene rings is 2. The number of aryl methyl sites for hydroxylation is 2. The Balaban J connectivity index is 1.26. The van der Waals surface area contributed by atoms with Crippen LogP contribution >= 0.6 is 0 Å². The van der Waals surface area contributed by atoms with Gasteiger partial charge < -0.3 is 9.80 Å². The van der Waals surface area contributed by atoms with Crippen LogP contribution in [-0.2, 0) is 32.5 Å². The van der Waals surface area contributed by atoms with Crippen molar-refractivity contribution in [3.8, 4) is 0 Å². The molecule has 2 aromatic carbocycles. The van der Waals surface area contributed by atoms with Crippen molar-refractivity contribution in [1.82, 2.24) is 14.1 Å². The molecule has 2 heterocycles. The zero-order valence-electron chi connectivity index (χ0n) is 20.0. The van der Waals surface area contributed by atoms with Gasteiger partial charge in [0.2, 0.25) is 21.8 Å². The first kappa shape index (κ1) is 23.8. The number of nitrogens with zero attached hydrogens (tertiary/aromatic N) is 3. The van der Waals surface area contributed by atoms with E-state index in [0.29, 0.717) is 18.0 Å². The van der Waals surface area contributed by atoms with Crippen molar-refractivity contribution in [2.75, 3.05) is 26.2 Å². The second-order valence-electron chi connectivity index (χ2n) is 9.51. The summed E-state index contributed by atoms with van der Waals surface area (Å²) in [5.41, 5.74) is 4.35. The Morgan fingerprint density at radius 2 is 1.66 bits per heavy atom. The molecule has 1 fully saturated rings. The van der Waals surface area contributed by atoms with Gasteiger partial charge in [0.15, 0.2) is 0 Å². The van der Waals surface area contributed by atoms with Gasteiger partial charge in [0.1, 0.15) is 0 Å². The predicted molar refractivity (Wildman–Crippen MR) is 134 cm³/mol. The zero-order valence-corrected chi connectivity index (χ0v) is 20.8. The van der Waals surface area contributed by atoms with Gasteiger partial charge in [-0.05, 0) is 66.1 Å². The van der Waals surface area contributed by atoms with Crippen molar-refractivity contribution >= 4 is 27.9 Å². The lowest BCUT2D eigenvalue weighted by molar-refractivity contribution is -0.135. The number of carbonyl (C=O) groups excluding carboxylic acids is 2. The molecule has 2 aliphatic heterocycles. The Morgan fingerprint density at radius 1 is 0.943 bits per heavy atom. The van der Waals surface area contributed by atoms with E-state index < -0.39 is 10.0 Å². The van der Waals surface area contributed by atoms with Crippen molar-refractivity contribution in [2.45, 2.75) is 50.0 Å². The Morgan fingerprint density at radius 3 is 2.40 bits per heavy atom. The van der Waals surface area contributed by atoms with Crippen LogP contribution in [-0.4, -0.2) is 60.5 Å². The molecule has 0 saturated carbocycles. The number of hydrogen-bond donors (Lipinski definition) is 0. The topological polar surface area (TPSA) is 78.0 Å². The lowest BCUT2D eigenvalue weighted by Crippen LogP contribution is -2.51. The summed E-state index contributed by atoms with van der Waals surface area (Å²) in [6, 6.07) is 12.9. The number of rotatable bonds is 4. The second-order valence-corrected chi connectivity index (χ2v) is 11.5. The van der Waals surface area contributed by atoms with Crippen LogP contribution in [0.1, 0.15) is 54.5 Å². The molecule has 0 aromatic heterocycles. The van der Waals surface area contributed by atoms with Gasteiger partial charge in [0.05, 0.1) is 17.4 Å². The van der Waals surface area contributed by atoms with Crippen molar-refractivity contribution < 1.29 is 18.0 Å². The summed E-state index contributed by atoms with van der Waals surface area (Å²) < 4.78 is 28.1. The highest BCUT2D eigenvalue weighted by molar-refractivity contribution is 7.89. The summed E-state index contributed by atoms with van der Waals surface area (Å²) in [4.78, 5) is 29.1. The largest absolute Gasteiger partial charge is 0.340 e. The second kappa shape index (κ2) is 9.59. The Bertz CT molecular complexity index is 1280. The number of sulfonamides is 1. The molecule has 2 aromatic rings. The minimum Gasteiger partial charge on any atom is -0.340 e. The monoisotopic (exact) mass is 493 g/mol. The van der Waals surface area contributed by atoms with Gasteiger partial charge in [-0.3, -0.25) is 9.59 Å². The molecule has 0 spiro atoms. The van der Waals surface area contributed by atoms with Crippen molar-refractivity contribution in [3.05, 3.63) is 70.9 Å². The van der Waals surface area contributed by atoms with Gasteiger partial charge in [-0.2, -0.15) is 4.31 Å². The fraction of sp³-hybridized carbons (Fsp3) is 0.407. The lowest BCUT2D eigenvalue weighted by atomic mass is 9.92. The fourth-order valence-corrected chi connectivity index (χ4v) is 6.88. The first-order valence-corrected chi connectivity index (χ1v) is 13.7. The van der Waals surface area contributed by atoms with Gasteiger partial charge in [0.25, 0.3) is 0 Å². The van der Waals surface area contributed by atoms with Crippen molar-refractivity contribution in [3.63, 3.8) is 0 Å². The quantitative estimate of drug-likeness (QED) is 0.654. The van der Waals surface area contributed by atoms with Gasteiger partial charge in [-0.15, -0.1) is 0 Å². The van der Waals surface area contributed by atoms with E-state index >= 15 is 0 Å². The third-order valence-electron chi connectivity index (χ3n) is 7.39. The molecule has 0 bridgehead atoms. The van der Waals surface area contributed by atoms with Crippen LogP contribution in [0.25, 0.3) is 6.08 Å². The Hall–Kier alpha value is -2.97. The van der Waals surface area contributed by atoms with E-state index in [0.717, 1.165) is 42.4 Å². The number of carbonyl (C=O) groups is 2. The lowest BCUT2D eigenvalue weighted by Gasteiger charge is -2.37. The first-order valence-electron chi connectivity index (χ1n) is 12.3. The highest BCUT2D eigenvalue weighted by Crippen LogP contribution is 2.33. The molecule has 0 radical (unpaired) electrons. The molecular weight excluding hydrogens is 462 g/mol. The van der Waals surface area contributed by atoms with E-state index in [2.05, 4.69) is 0 Å². The standard InChI is InChI=1S/C27H31N3O4S/c1-20(31)30-13-12-22-7-4-5-9-25(22)26(30)19-27(32)28-14-16-29(17-15-28)35(33,34)24-11-10-21-6-2-3-8-23(21)18-24/h4-5,7,9-13,18,26H,2-3,6,8,14-17,19H2,1H3/t26-/m0/s1. The molecule has 3 aliphatic rings. The van der Waals surface area contributed by atoms with Crippen LogP contribution in [0.5, 0.6) is 0 Å². The normalized spacial score (nSPS) is 20.3. The summed E-state index contributed by atoms with van der Waals surface area (Å²) in [6.07, 6.45) is 7.99. The zero-order chi connectivity index (χ0) is 24.6. The minimum absolute atomic E-state index is 0.0721. The average Bonchev–Trinajstić information content (AvgIpc) is 2.88. The van der Waals surface area contributed by atoms with Crippen molar-refractivity contribution in [2.24, 2.45) is 0 Å². The third-order valence-corrected chi connectivity index (χ3v) is 9.28. The van der Waals surface area contributed by atoms with E-state index in [1.165, 1.54) is 16.8 Å². The molecule has 8 heteroatoms. The molecule has 0 N–H and O–H groups in total. The van der Waals surface area contributed by atoms with Crippen LogP contribution in [0.3, 0.4) is 0 Å². The van der Waals surface area contributed by atoms with E-state index in [-0.39, 0.29) is 37.4 Å². The van der Waals surface area contributed by atoms with Gasteiger partial charge in [0, 0.05) is 39.3 Å². The summed E-state index contributed by atoms with van der Waals surface area (Å²) in [5.74, 6) is -0.188. The SMILES string of the molecule is CC(=O)N1C=Cc2ccccc2[C@@H]1CC(=O)N1CCN(S(=O)(=O)c2ccc3c(c2)CCCC3)CC1.